The fourth-order valence-electron chi connectivity index (χ4n) is 3.97. The average molecular weight is 423 g/mol. The predicted molar refractivity (Wildman–Crippen MR) is 113 cm³/mol. The standard InChI is InChI=1S/C21H21N5O3S/c1-13-16-11-15(28-2)7-8-17(16)29-19(13)21(27)25-9-3-5-14(25)12-26-23-20(22-24-26)18-6-4-10-30-18/h4,6-8,10-11,14H,3,5,9,12H2,1-2H3. The molecular weight excluding hydrogens is 402 g/mol. The second-order valence-electron chi connectivity index (χ2n) is 7.36. The molecule has 0 radical (unpaired) electrons. The van der Waals surface area contributed by atoms with Crippen LogP contribution in [-0.4, -0.2) is 50.7 Å². The van der Waals surface area contributed by atoms with E-state index in [1.807, 2.05) is 47.5 Å². The maximum atomic E-state index is 13.3. The Morgan fingerprint density at radius 3 is 3.07 bits per heavy atom. The summed E-state index contributed by atoms with van der Waals surface area (Å²) in [4.78, 5) is 17.8. The van der Waals surface area contributed by atoms with E-state index in [1.54, 1.807) is 23.2 Å². The van der Waals surface area contributed by atoms with Gasteiger partial charge in [-0.05, 0) is 54.6 Å². The largest absolute Gasteiger partial charge is 0.497 e. The van der Waals surface area contributed by atoms with Crippen LogP contribution in [0.5, 0.6) is 5.75 Å². The first-order valence-electron chi connectivity index (χ1n) is 9.84. The minimum absolute atomic E-state index is 0.00466. The summed E-state index contributed by atoms with van der Waals surface area (Å²) in [5.74, 6) is 1.64. The first-order chi connectivity index (χ1) is 14.6. The van der Waals surface area contributed by atoms with E-state index in [2.05, 4.69) is 15.4 Å². The van der Waals surface area contributed by atoms with Gasteiger partial charge in [-0.1, -0.05) is 6.07 Å². The van der Waals surface area contributed by atoms with Crippen LogP contribution in [0.1, 0.15) is 29.0 Å². The maximum Gasteiger partial charge on any atom is 0.290 e. The molecule has 0 saturated carbocycles. The van der Waals surface area contributed by atoms with Gasteiger partial charge < -0.3 is 14.1 Å². The first-order valence-corrected chi connectivity index (χ1v) is 10.7. The van der Waals surface area contributed by atoms with E-state index in [1.165, 1.54) is 0 Å². The molecule has 4 aromatic rings. The summed E-state index contributed by atoms with van der Waals surface area (Å²) in [5, 5.41) is 15.7. The van der Waals surface area contributed by atoms with Crippen molar-refractivity contribution in [3.05, 3.63) is 47.0 Å². The lowest BCUT2D eigenvalue weighted by atomic mass is 10.1. The maximum absolute atomic E-state index is 13.3. The molecule has 1 saturated heterocycles. The van der Waals surface area contributed by atoms with Crippen LogP contribution in [0.3, 0.4) is 0 Å². The predicted octanol–water partition coefficient (Wildman–Crippen LogP) is 3.77. The van der Waals surface area contributed by atoms with E-state index >= 15 is 0 Å². The number of methoxy groups -OCH3 is 1. The van der Waals surface area contributed by atoms with Crippen LogP contribution in [0.25, 0.3) is 21.7 Å². The van der Waals surface area contributed by atoms with E-state index < -0.39 is 0 Å². The summed E-state index contributed by atoms with van der Waals surface area (Å²) >= 11 is 1.58. The number of aromatic nitrogens is 4. The molecule has 0 aliphatic carbocycles. The zero-order valence-electron chi connectivity index (χ0n) is 16.7. The number of carbonyl (C=O) groups is 1. The molecule has 0 N–H and O–H groups in total. The Morgan fingerprint density at radius 1 is 1.37 bits per heavy atom. The van der Waals surface area contributed by atoms with Crippen LogP contribution in [0.15, 0.2) is 40.1 Å². The molecule has 4 heterocycles. The number of tetrazole rings is 1. The van der Waals surface area contributed by atoms with Crippen LogP contribution in [-0.2, 0) is 6.54 Å². The van der Waals surface area contributed by atoms with Crippen molar-refractivity contribution < 1.29 is 13.9 Å². The number of furan rings is 1. The number of nitrogens with zero attached hydrogens (tertiary/aromatic N) is 5. The number of thiophene rings is 1. The number of benzene rings is 1. The molecule has 1 aromatic carbocycles. The quantitative estimate of drug-likeness (QED) is 0.486. The van der Waals surface area contributed by atoms with E-state index in [9.17, 15) is 4.79 Å². The molecule has 1 fully saturated rings. The number of fused-ring (bicyclic) bond motifs is 1. The van der Waals surface area contributed by atoms with Gasteiger partial charge in [0.05, 0.1) is 24.6 Å². The van der Waals surface area contributed by atoms with Gasteiger partial charge in [0.2, 0.25) is 5.82 Å². The van der Waals surface area contributed by atoms with Crippen molar-refractivity contribution >= 4 is 28.2 Å². The third-order valence-electron chi connectivity index (χ3n) is 5.54. The Kier molecular flexibility index (Phi) is 4.74. The highest BCUT2D eigenvalue weighted by molar-refractivity contribution is 7.13. The van der Waals surface area contributed by atoms with Crippen molar-refractivity contribution in [3.8, 4) is 16.5 Å². The molecule has 9 heteroatoms. The average Bonchev–Trinajstić information content (AvgIpc) is 3.55. The van der Waals surface area contributed by atoms with Crippen molar-refractivity contribution in [3.63, 3.8) is 0 Å². The number of amides is 1. The minimum atomic E-state index is -0.0937. The fraction of sp³-hybridized carbons (Fsp3) is 0.333. The molecule has 3 aromatic heterocycles. The summed E-state index contributed by atoms with van der Waals surface area (Å²) in [6, 6.07) is 9.51. The van der Waals surface area contributed by atoms with Gasteiger partial charge in [-0.2, -0.15) is 4.80 Å². The molecule has 1 aliphatic rings. The lowest BCUT2D eigenvalue weighted by Crippen LogP contribution is -2.38. The fourth-order valence-corrected chi connectivity index (χ4v) is 4.62. The Bertz CT molecular complexity index is 1200. The lowest BCUT2D eigenvalue weighted by Gasteiger charge is -2.23. The zero-order chi connectivity index (χ0) is 20.7. The third-order valence-corrected chi connectivity index (χ3v) is 6.41. The van der Waals surface area contributed by atoms with E-state index in [0.29, 0.717) is 30.3 Å². The van der Waals surface area contributed by atoms with Gasteiger partial charge in [0, 0.05) is 17.5 Å². The van der Waals surface area contributed by atoms with Gasteiger partial charge in [0.25, 0.3) is 5.91 Å². The van der Waals surface area contributed by atoms with E-state index in [-0.39, 0.29) is 11.9 Å². The van der Waals surface area contributed by atoms with Gasteiger partial charge in [0.1, 0.15) is 11.3 Å². The molecule has 0 bridgehead atoms. The molecule has 1 unspecified atom stereocenters. The van der Waals surface area contributed by atoms with Crippen molar-refractivity contribution in [2.24, 2.45) is 0 Å². The number of aryl methyl sites for hydroxylation is 1. The molecule has 8 nitrogen and oxygen atoms in total. The summed E-state index contributed by atoms with van der Waals surface area (Å²) in [6.45, 7) is 3.11. The second kappa shape index (κ2) is 7.56. The molecule has 1 amide bonds. The molecular formula is C21H21N5O3S. The van der Waals surface area contributed by atoms with Gasteiger partial charge in [-0.25, -0.2) is 0 Å². The summed E-state index contributed by atoms with van der Waals surface area (Å²) in [5.41, 5.74) is 1.52. The van der Waals surface area contributed by atoms with Gasteiger partial charge in [0.15, 0.2) is 5.76 Å². The lowest BCUT2D eigenvalue weighted by molar-refractivity contribution is 0.0687. The smallest absolute Gasteiger partial charge is 0.290 e. The number of likely N-dealkylation sites (tertiary alicyclic amines) is 1. The molecule has 1 aliphatic heterocycles. The van der Waals surface area contributed by atoms with Crippen molar-refractivity contribution in [1.29, 1.82) is 0 Å². The zero-order valence-corrected chi connectivity index (χ0v) is 17.6. The van der Waals surface area contributed by atoms with Gasteiger partial charge in [-0.3, -0.25) is 4.79 Å². The number of ether oxygens (including phenoxy) is 1. The van der Waals surface area contributed by atoms with Crippen LogP contribution in [0.2, 0.25) is 0 Å². The van der Waals surface area contributed by atoms with Crippen molar-refractivity contribution in [1.82, 2.24) is 25.1 Å². The van der Waals surface area contributed by atoms with Crippen LogP contribution >= 0.6 is 11.3 Å². The highest BCUT2D eigenvalue weighted by Crippen LogP contribution is 2.31. The molecule has 0 spiro atoms. The highest BCUT2D eigenvalue weighted by atomic mass is 32.1. The number of hydrogen-bond acceptors (Lipinski definition) is 7. The van der Waals surface area contributed by atoms with Gasteiger partial charge >= 0.3 is 0 Å². The summed E-state index contributed by atoms with van der Waals surface area (Å²) in [6.07, 6.45) is 1.84. The number of rotatable bonds is 5. The Balaban J connectivity index is 1.38. The Labute approximate surface area is 177 Å². The summed E-state index contributed by atoms with van der Waals surface area (Å²) in [7, 11) is 1.62. The number of carbonyl (C=O) groups excluding carboxylic acids is 1. The van der Waals surface area contributed by atoms with Crippen LogP contribution in [0.4, 0.5) is 0 Å². The molecule has 5 rings (SSSR count). The number of hydrogen-bond donors (Lipinski definition) is 0. The van der Waals surface area contributed by atoms with Crippen molar-refractivity contribution in [2.45, 2.75) is 32.4 Å². The first kappa shape index (κ1) is 18.8. The third kappa shape index (κ3) is 3.24. The normalized spacial score (nSPS) is 16.5. The van der Waals surface area contributed by atoms with Crippen molar-refractivity contribution in [2.75, 3.05) is 13.7 Å². The monoisotopic (exact) mass is 423 g/mol. The molecule has 1 atom stereocenters. The van der Waals surface area contributed by atoms with Crippen LogP contribution in [0, 0.1) is 6.92 Å². The topological polar surface area (TPSA) is 86.3 Å². The Hall–Kier alpha value is -3.20. The van der Waals surface area contributed by atoms with Crippen LogP contribution < -0.4 is 4.74 Å². The van der Waals surface area contributed by atoms with E-state index in [4.69, 9.17) is 9.15 Å². The minimum Gasteiger partial charge on any atom is -0.497 e. The second-order valence-corrected chi connectivity index (χ2v) is 8.31. The molecule has 30 heavy (non-hydrogen) atoms. The highest BCUT2D eigenvalue weighted by Gasteiger charge is 2.33. The van der Waals surface area contributed by atoms with Gasteiger partial charge in [-0.15, -0.1) is 21.5 Å². The molecule has 154 valence electrons. The summed E-state index contributed by atoms with van der Waals surface area (Å²) < 4.78 is 11.2. The van der Waals surface area contributed by atoms with E-state index in [0.717, 1.165) is 34.4 Å². The Morgan fingerprint density at radius 2 is 2.27 bits per heavy atom. The SMILES string of the molecule is COc1ccc2oc(C(=O)N3CCCC3Cn3nnc(-c4cccs4)n3)c(C)c2c1.